The summed E-state index contributed by atoms with van der Waals surface area (Å²) in [4.78, 5) is 23.4. The third-order valence-corrected chi connectivity index (χ3v) is 2.80. The van der Waals surface area contributed by atoms with Gasteiger partial charge in [-0.05, 0) is 31.5 Å². The molecule has 1 aromatic rings. The fourth-order valence-corrected chi connectivity index (χ4v) is 1.86. The molecular weight excluding hydrogens is 248 g/mol. The van der Waals surface area contributed by atoms with Crippen LogP contribution in [0.15, 0.2) is 12.1 Å². The highest BCUT2D eigenvalue weighted by atomic mass is 16.5. The van der Waals surface area contributed by atoms with E-state index in [4.69, 9.17) is 14.2 Å². The van der Waals surface area contributed by atoms with Crippen LogP contribution in [0.5, 0.6) is 11.5 Å². The molecule has 0 fully saturated rings. The van der Waals surface area contributed by atoms with Crippen molar-refractivity contribution in [2.75, 3.05) is 19.8 Å². The van der Waals surface area contributed by atoms with Gasteiger partial charge >= 0.3 is 5.97 Å². The monoisotopic (exact) mass is 264 g/mol. The van der Waals surface area contributed by atoms with Crippen molar-refractivity contribution < 1.29 is 23.8 Å². The number of aryl methyl sites for hydroxylation is 1. The molecule has 0 spiro atoms. The quantitative estimate of drug-likeness (QED) is 0.474. The Balaban J connectivity index is 2.33. The van der Waals surface area contributed by atoms with Gasteiger partial charge in [0.25, 0.3) is 5.78 Å². The van der Waals surface area contributed by atoms with Gasteiger partial charge in [0.2, 0.25) is 0 Å². The van der Waals surface area contributed by atoms with Gasteiger partial charge in [-0.2, -0.15) is 0 Å². The molecule has 0 unspecified atom stereocenters. The third kappa shape index (κ3) is 2.86. The number of Topliss-reactive ketones (excluding diaryl/α,β-unsaturated/α-hetero) is 1. The van der Waals surface area contributed by atoms with Gasteiger partial charge in [0.05, 0.1) is 19.8 Å². The Morgan fingerprint density at radius 3 is 2.47 bits per heavy atom. The van der Waals surface area contributed by atoms with Crippen LogP contribution in [0.3, 0.4) is 0 Å². The minimum absolute atomic E-state index is 0.175. The first-order valence-electron chi connectivity index (χ1n) is 6.25. The van der Waals surface area contributed by atoms with Crippen LogP contribution in [0.1, 0.15) is 29.3 Å². The second-order valence-electron chi connectivity index (χ2n) is 4.21. The lowest BCUT2D eigenvalue weighted by Crippen LogP contribution is -2.18. The molecule has 0 aromatic heterocycles. The summed E-state index contributed by atoms with van der Waals surface area (Å²) in [6.07, 6.45) is 0.787. The van der Waals surface area contributed by atoms with E-state index in [1.807, 2.05) is 0 Å². The van der Waals surface area contributed by atoms with Crippen molar-refractivity contribution in [3.8, 4) is 11.5 Å². The number of ketones is 1. The van der Waals surface area contributed by atoms with Crippen LogP contribution in [-0.2, 0) is 9.53 Å². The molecule has 0 amide bonds. The number of rotatable bonds is 3. The van der Waals surface area contributed by atoms with E-state index in [9.17, 15) is 9.59 Å². The Bertz CT molecular complexity index is 507. The fraction of sp³-hybridized carbons (Fsp3) is 0.429. The smallest absolute Gasteiger partial charge is 0.379 e. The van der Waals surface area contributed by atoms with E-state index >= 15 is 0 Å². The van der Waals surface area contributed by atoms with Crippen LogP contribution in [0, 0.1) is 6.92 Å². The lowest BCUT2D eigenvalue weighted by atomic mass is 10.0. The Hall–Kier alpha value is -2.04. The average molecular weight is 264 g/mol. The summed E-state index contributed by atoms with van der Waals surface area (Å²) < 4.78 is 15.7. The fourth-order valence-electron chi connectivity index (χ4n) is 1.86. The van der Waals surface area contributed by atoms with E-state index in [0.717, 1.165) is 6.42 Å². The summed E-state index contributed by atoms with van der Waals surface area (Å²) in [7, 11) is 0. The maximum atomic E-state index is 12.0. The van der Waals surface area contributed by atoms with Gasteiger partial charge in [-0.1, -0.05) is 0 Å². The van der Waals surface area contributed by atoms with E-state index in [1.54, 1.807) is 26.0 Å². The zero-order valence-electron chi connectivity index (χ0n) is 11.0. The number of carbonyl (C=O) groups excluding carboxylic acids is 2. The minimum atomic E-state index is -0.847. The van der Waals surface area contributed by atoms with Gasteiger partial charge in [0, 0.05) is 12.0 Å². The predicted octanol–water partition coefficient (Wildman–Crippen LogP) is 1.90. The summed E-state index contributed by atoms with van der Waals surface area (Å²) in [5.41, 5.74) is 0.963. The minimum Gasteiger partial charge on any atom is -0.490 e. The number of benzene rings is 1. The predicted molar refractivity (Wildman–Crippen MR) is 67.7 cm³/mol. The van der Waals surface area contributed by atoms with Crippen molar-refractivity contribution >= 4 is 11.8 Å². The summed E-state index contributed by atoms with van der Waals surface area (Å²) >= 11 is 0. The summed E-state index contributed by atoms with van der Waals surface area (Å²) in [6, 6.07) is 3.27. The van der Waals surface area contributed by atoms with Gasteiger partial charge in [-0.3, -0.25) is 4.79 Å². The molecule has 2 rings (SSSR count). The maximum absolute atomic E-state index is 12.0. The van der Waals surface area contributed by atoms with Gasteiger partial charge < -0.3 is 14.2 Å². The summed E-state index contributed by atoms with van der Waals surface area (Å²) in [5, 5.41) is 0. The third-order valence-electron chi connectivity index (χ3n) is 2.80. The average Bonchev–Trinajstić information content (AvgIpc) is 2.62. The first-order valence-corrected chi connectivity index (χ1v) is 6.25. The van der Waals surface area contributed by atoms with Crippen LogP contribution in [0.4, 0.5) is 0 Å². The number of fused-ring (bicyclic) bond motifs is 1. The molecule has 1 aliphatic heterocycles. The summed E-state index contributed by atoms with van der Waals surface area (Å²) in [6.45, 7) is 4.70. The Morgan fingerprint density at radius 2 is 1.84 bits per heavy atom. The molecule has 0 saturated heterocycles. The molecule has 5 heteroatoms. The summed E-state index contributed by atoms with van der Waals surface area (Å²) in [5.74, 6) is -0.402. The number of carbonyl (C=O) groups is 2. The van der Waals surface area contributed by atoms with E-state index in [-0.39, 0.29) is 6.61 Å². The number of ether oxygens (including phenoxy) is 3. The number of esters is 1. The molecule has 0 atom stereocenters. The molecule has 0 aliphatic carbocycles. The maximum Gasteiger partial charge on any atom is 0.379 e. The molecule has 0 saturated carbocycles. The van der Waals surface area contributed by atoms with Gasteiger partial charge in [0.15, 0.2) is 11.5 Å². The Kier molecular flexibility index (Phi) is 4.04. The van der Waals surface area contributed by atoms with Crippen molar-refractivity contribution in [2.24, 2.45) is 0 Å². The highest BCUT2D eigenvalue weighted by Crippen LogP contribution is 2.32. The van der Waals surface area contributed by atoms with Crippen LogP contribution >= 0.6 is 0 Å². The van der Waals surface area contributed by atoms with E-state index in [0.29, 0.717) is 35.8 Å². The highest BCUT2D eigenvalue weighted by molar-refractivity contribution is 6.41. The van der Waals surface area contributed by atoms with Crippen LogP contribution < -0.4 is 9.47 Å². The Labute approximate surface area is 111 Å². The second-order valence-corrected chi connectivity index (χ2v) is 4.21. The molecule has 1 aromatic carbocycles. The zero-order valence-corrected chi connectivity index (χ0v) is 11.0. The molecule has 0 radical (unpaired) electrons. The van der Waals surface area contributed by atoms with Crippen LogP contribution in [0.2, 0.25) is 0 Å². The van der Waals surface area contributed by atoms with Gasteiger partial charge in [-0.25, -0.2) is 4.79 Å². The first-order chi connectivity index (χ1) is 9.13. The highest BCUT2D eigenvalue weighted by Gasteiger charge is 2.22. The molecule has 19 heavy (non-hydrogen) atoms. The lowest BCUT2D eigenvalue weighted by molar-refractivity contribution is -0.137. The molecule has 102 valence electrons. The molecule has 5 nitrogen and oxygen atoms in total. The second kappa shape index (κ2) is 5.73. The van der Waals surface area contributed by atoms with Gasteiger partial charge in [0.1, 0.15) is 0 Å². The first kappa shape index (κ1) is 13.4. The van der Waals surface area contributed by atoms with Gasteiger partial charge in [-0.15, -0.1) is 0 Å². The topological polar surface area (TPSA) is 61.8 Å². The molecule has 0 N–H and O–H groups in total. The van der Waals surface area contributed by atoms with E-state index in [2.05, 4.69) is 0 Å². The van der Waals surface area contributed by atoms with E-state index in [1.165, 1.54) is 0 Å². The molecule has 1 aliphatic rings. The lowest BCUT2D eigenvalue weighted by Gasteiger charge is -2.11. The number of hydrogen-bond acceptors (Lipinski definition) is 5. The molecule has 0 bridgehead atoms. The van der Waals surface area contributed by atoms with Crippen molar-refractivity contribution in [1.82, 2.24) is 0 Å². The van der Waals surface area contributed by atoms with Crippen molar-refractivity contribution in [2.45, 2.75) is 20.3 Å². The number of hydrogen-bond donors (Lipinski definition) is 0. The standard InChI is InChI=1S/C14H16O5/c1-3-17-14(16)13(15)10-8-12-11(7-9(10)2)18-5-4-6-19-12/h7-8H,3-6H2,1-2H3. The molecule has 1 heterocycles. The Morgan fingerprint density at radius 1 is 1.21 bits per heavy atom. The van der Waals surface area contributed by atoms with Crippen molar-refractivity contribution in [1.29, 1.82) is 0 Å². The van der Waals surface area contributed by atoms with Crippen LogP contribution in [0.25, 0.3) is 0 Å². The SMILES string of the molecule is CCOC(=O)C(=O)c1cc2c(cc1C)OCCCO2. The molecular formula is C14H16O5. The van der Waals surface area contributed by atoms with Crippen molar-refractivity contribution in [3.63, 3.8) is 0 Å². The largest absolute Gasteiger partial charge is 0.490 e. The zero-order chi connectivity index (χ0) is 13.8. The van der Waals surface area contributed by atoms with Crippen LogP contribution in [-0.4, -0.2) is 31.6 Å². The van der Waals surface area contributed by atoms with E-state index < -0.39 is 11.8 Å². The normalized spacial score (nSPS) is 13.6. The van der Waals surface area contributed by atoms with Crippen molar-refractivity contribution in [3.05, 3.63) is 23.3 Å².